The molecule has 6 nitrogen and oxygen atoms in total. The van der Waals surface area contributed by atoms with Gasteiger partial charge in [0.1, 0.15) is 0 Å². The van der Waals surface area contributed by atoms with Crippen molar-refractivity contribution in [2.24, 2.45) is 0 Å². The van der Waals surface area contributed by atoms with Crippen molar-refractivity contribution in [1.29, 1.82) is 0 Å². The average Bonchev–Trinajstić information content (AvgIpc) is 3.33. The predicted molar refractivity (Wildman–Crippen MR) is 251 cm³/mol. The molecule has 3 unspecified atom stereocenters. The van der Waals surface area contributed by atoms with E-state index in [2.05, 4.69) is 197 Å². The van der Waals surface area contributed by atoms with Gasteiger partial charge in [-0.15, -0.1) is 0 Å². The Kier molecular flexibility index (Phi) is 8.01. The minimum absolute atomic E-state index is 0.00624. The van der Waals surface area contributed by atoms with E-state index in [-0.39, 0.29) is 18.1 Å². The van der Waals surface area contributed by atoms with Gasteiger partial charge in [-0.2, -0.15) is 0 Å². The summed E-state index contributed by atoms with van der Waals surface area (Å²) < 4.78 is 0. The first kappa shape index (κ1) is 34.4. The second kappa shape index (κ2) is 14.0. The lowest BCUT2D eigenvalue weighted by molar-refractivity contribution is 0.955. The lowest BCUT2D eigenvalue weighted by Crippen LogP contribution is -2.18. The quantitative estimate of drug-likeness (QED) is 0.140. The molecule has 0 saturated carbocycles. The molecule has 12 rings (SSSR count). The van der Waals surface area contributed by atoms with E-state index in [0.717, 1.165) is 79.0 Å². The van der Waals surface area contributed by atoms with Crippen LogP contribution in [0, 0.1) is 0 Å². The summed E-state index contributed by atoms with van der Waals surface area (Å²) in [5.41, 5.74) is 19.2. The fourth-order valence-corrected chi connectivity index (χ4v) is 9.22. The topological polar surface area (TPSA) is 73.9 Å². The van der Waals surface area contributed by atoms with Crippen molar-refractivity contribution in [2.75, 3.05) is 27.8 Å². The molecule has 6 aromatic carbocycles. The third-order valence-corrected chi connectivity index (χ3v) is 12.4. The van der Waals surface area contributed by atoms with Crippen LogP contribution in [0.3, 0.4) is 0 Å². The molecule has 2 aromatic heterocycles. The molecule has 8 aromatic rings. The largest absolute Gasteiger partial charge is 0.379 e. The Morgan fingerprint density at radius 1 is 0.500 bits per heavy atom. The van der Waals surface area contributed by atoms with Gasteiger partial charge in [-0.05, 0) is 80.4 Å². The number of benzene rings is 6. The number of anilines is 4. The first-order valence-electron chi connectivity index (χ1n) is 20.7. The summed E-state index contributed by atoms with van der Waals surface area (Å²) in [7, 11) is 0. The van der Waals surface area contributed by atoms with Crippen LogP contribution in [0.5, 0.6) is 0 Å². The summed E-state index contributed by atoms with van der Waals surface area (Å²) in [5.74, 6) is 0. The first-order valence-corrected chi connectivity index (χ1v) is 20.7. The van der Waals surface area contributed by atoms with Gasteiger partial charge in [0.15, 0.2) is 0 Å². The zero-order valence-electron chi connectivity index (χ0n) is 32.7. The molecule has 286 valence electrons. The second-order valence-electron chi connectivity index (χ2n) is 16.0. The maximum absolute atomic E-state index is 5.22. The molecule has 3 atom stereocenters. The highest BCUT2D eigenvalue weighted by Crippen LogP contribution is 2.43. The van der Waals surface area contributed by atoms with Gasteiger partial charge in [0.25, 0.3) is 0 Å². The van der Waals surface area contributed by atoms with Crippen LogP contribution >= 0.6 is 0 Å². The van der Waals surface area contributed by atoms with Crippen LogP contribution in [-0.4, -0.2) is 16.5 Å². The third-order valence-electron chi connectivity index (χ3n) is 12.4. The summed E-state index contributed by atoms with van der Waals surface area (Å²) in [5, 5.41) is 17.3. The summed E-state index contributed by atoms with van der Waals surface area (Å²) >= 11 is 0. The van der Waals surface area contributed by atoms with Crippen molar-refractivity contribution in [1.82, 2.24) is 9.97 Å². The van der Waals surface area contributed by atoms with E-state index in [0.29, 0.717) is 0 Å². The van der Waals surface area contributed by atoms with Crippen LogP contribution < -0.4 is 21.3 Å². The summed E-state index contributed by atoms with van der Waals surface area (Å²) in [6, 6.07) is 48.1. The maximum Gasteiger partial charge on any atom is 0.0943 e. The number of rotatable bonds is 5. The van der Waals surface area contributed by atoms with Crippen molar-refractivity contribution in [3.8, 4) is 22.4 Å². The van der Waals surface area contributed by atoms with Gasteiger partial charge < -0.3 is 21.3 Å². The van der Waals surface area contributed by atoms with E-state index in [1.54, 1.807) is 0 Å². The van der Waals surface area contributed by atoms with Crippen molar-refractivity contribution in [3.63, 3.8) is 0 Å². The van der Waals surface area contributed by atoms with Crippen LogP contribution in [0.1, 0.15) is 57.1 Å². The number of pyridine rings is 2. The fraction of sp³-hybridized carbons (Fsp3) is 0.0741. The van der Waals surface area contributed by atoms with Gasteiger partial charge in [0.05, 0.1) is 51.9 Å². The predicted octanol–water partition coefficient (Wildman–Crippen LogP) is 13.1. The van der Waals surface area contributed by atoms with Crippen LogP contribution in [0.4, 0.5) is 22.7 Å². The van der Waals surface area contributed by atoms with Crippen LogP contribution in [0.15, 0.2) is 164 Å². The Morgan fingerprint density at radius 3 is 2.02 bits per heavy atom. The highest BCUT2D eigenvalue weighted by molar-refractivity contribution is 5.99. The van der Waals surface area contributed by atoms with E-state index < -0.39 is 0 Å². The number of aromatic nitrogens is 2. The molecular formula is C54H40N6. The molecule has 4 aliphatic heterocycles. The number of nitrogens with one attached hydrogen (secondary N) is 4. The molecule has 0 amide bonds. The van der Waals surface area contributed by atoms with Crippen LogP contribution in [0.25, 0.3) is 68.5 Å². The minimum Gasteiger partial charge on any atom is -0.379 e. The molecule has 4 N–H and O–H groups in total. The Hall–Kier alpha value is -7.70. The van der Waals surface area contributed by atoms with Crippen molar-refractivity contribution < 1.29 is 0 Å². The van der Waals surface area contributed by atoms with Crippen LogP contribution in [-0.2, 0) is 0 Å². The molecule has 0 saturated heterocycles. The highest BCUT2D eigenvalue weighted by Gasteiger charge is 2.24. The standard InChI is InChI=1S/C54H40N6/c1-2-6-34(7-3-1)45-25-22-38-16-17-39-23-26-46(60-53(39)52(38)59-45)35-12-10-33(11-13-35)40-18-14-36-20-24-47(57-49(36)31-40)41-19-15-37-21-27-48(58-50(37)32-41)44-30-42-8-4-28-55-51(42)54-43(44)9-5-29-56-54/h1-27,29-32,45-46,48,55,58-60H,28H2. The Bertz CT molecular complexity index is 3140. The smallest absolute Gasteiger partial charge is 0.0943 e. The molecular weight excluding hydrogens is 733 g/mol. The molecule has 0 aliphatic carbocycles. The molecule has 6 heteroatoms. The molecule has 0 radical (unpaired) electrons. The normalized spacial score (nSPS) is 18.0. The molecule has 60 heavy (non-hydrogen) atoms. The number of hydrogen-bond acceptors (Lipinski definition) is 6. The maximum atomic E-state index is 5.22. The lowest BCUT2D eigenvalue weighted by Gasteiger charge is -2.30. The number of fused-ring (bicyclic) bond motifs is 8. The van der Waals surface area contributed by atoms with Crippen molar-refractivity contribution >= 4 is 68.9 Å². The average molecular weight is 773 g/mol. The molecule has 0 spiro atoms. The minimum atomic E-state index is 0.00624. The van der Waals surface area contributed by atoms with Gasteiger partial charge in [-0.1, -0.05) is 152 Å². The van der Waals surface area contributed by atoms with Gasteiger partial charge in [-0.3, -0.25) is 4.98 Å². The fourth-order valence-electron chi connectivity index (χ4n) is 9.22. The van der Waals surface area contributed by atoms with Crippen LogP contribution in [0.2, 0.25) is 0 Å². The molecule has 4 aliphatic rings. The lowest BCUT2D eigenvalue weighted by atomic mass is 9.92. The Labute approximate surface area is 348 Å². The zero-order chi connectivity index (χ0) is 39.6. The molecule has 0 bridgehead atoms. The second-order valence-corrected chi connectivity index (χ2v) is 16.0. The first-order chi connectivity index (χ1) is 29.7. The summed E-state index contributed by atoms with van der Waals surface area (Å²) in [4.78, 5) is 10.0. The number of hydrogen-bond donors (Lipinski definition) is 4. The van der Waals surface area contributed by atoms with Crippen molar-refractivity contribution in [3.05, 3.63) is 203 Å². The molecule has 6 heterocycles. The summed E-state index contributed by atoms with van der Waals surface area (Å²) in [6.45, 7) is 0.814. The monoisotopic (exact) mass is 772 g/mol. The van der Waals surface area contributed by atoms with E-state index in [1.165, 1.54) is 33.4 Å². The van der Waals surface area contributed by atoms with E-state index in [1.807, 2.05) is 12.3 Å². The zero-order valence-corrected chi connectivity index (χ0v) is 32.7. The van der Waals surface area contributed by atoms with E-state index in [9.17, 15) is 0 Å². The van der Waals surface area contributed by atoms with Gasteiger partial charge in [0.2, 0.25) is 0 Å². The Morgan fingerprint density at radius 2 is 1.20 bits per heavy atom. The van der Waals surface area contributed by atoms with E-state index in [4.69, 9.17) is 9.97 Å². The van der Waals surface area contributed by atoms with E-state index >= 15 is 0 Å². The van der Waals surface area contributed by atoms with Gasteiger partial charge >= 0.3 is 0 Å². The number of nitrogens with zero attached hydrogens (tertiary/aromatic N) is 2. The SMILES string of the molecule is C1=Cc2cc(C3C=Cc4ccc(-c5ccc6ccc(-c7ccc(C8C=Cc9ccc%10c(c9N8)NC(c8ccccc8)C=C%10)cc7)cc6n5)cc4N3)c3cccnc3c2NC1. The molecule has 0 fully saturated rings. The van der Waals surface area contributed by atoms with Gasteiger partial charge in [-0.25, -0.2) is 4.98 Å². The Balaban J connectivity index is 0.794. The van der Waals surface area contributed by atoms with Gasteiger partial charge in [0, 0.05) is 34.8 Å². The highest BCUT2D eigenvalue weighted by atomic mass is 15.0. The third kappa shape index (κ3) is 5.95. The van der Waals surface area contributed by atoms with Crippen molar-refractivity contribution in [2.45, 2.75) is 18.1 Å². The summed E-state index contributed by atoms with van der Waals surface area (Å²) in [6.07, 6.45) is 19.7.